The number of anilines is 1. The Bertz CT molecular complexity index is 753. The molecule has 7 heteroatoms. The Hall–Kier alpha value is -2.83. The van der Waals surface area contributed by atoms with Gasteiger partial charge in [0.25, 0.3) is 5.91 Å². The number of carbonyl (C=O) groups is 2. The predicted molar refractivity (Wildman–Crippen MR) is 90.7 cm³/mol. The van der Waals surface area contributed by atoms with Crippen LogP contribution in [-0.4, -0.2) is 42.4 Å². The molecule has 1 aliphatic heterocycles. The van der Waals surface area contributed by atoms with Crippen LogP contribution in [0.25, 0.3) is 0 Å². The minimum Gasteiger partial charge on any atom is -0.459 e. The number of furan rings is 1. The summed E-state index contributed by atoms with van der Waals surface area (Å²) in [5, 5.41) is 5.83. The summed E-state index contributed by atoms with van der Waals surface area (Å²) < 4.78 is 18.6. The Labute approximate surface area is 145 Å². The van der Waals surface area contributed by atoms with Crippen LogP contribution in [0.5, 0.6) is 0 Å². The first-order valence-electron chi connectivity index (χ1n) is 8.13. The van der Waals surface area contributed by atoms with Gasteiger partial charge in [0.15, 0.2) is 5.76 Å². The minimum atomic E-state index is -0.886. The third-order valence-corrected chi connectivity index (χ3v) is 4.51. The first kappa shape index (κ1) is 17.0. The highest BCUT2D eigenvalue weighted by Gasteiger charge is 2.42. The van der Waals surface area contributed by atoms with Crippen molar-refractivity contribution in [2.24, 2.45) is 0 Å². The molecule has 1 aromatic carbocycles. The topological polar surface area (TPSA) is 74.6 Å². The van der Waals surface area contributed by atoms with Crippen molar-refractivity contribution >= 4 is 17.5 Å². The number of likely N-dealkylation sites (tertiary alicyclic amines) is 1. The van der Waals surface area contributed by atoms with E-state index < -0.39 is 5.54 Å². The maximum Gasteiger partial charge on any atom is 0.289 e. The summed E-state index contributed by atoms with van der Waals surface area (Å²) in [6.07, 6.45) is 2.28. The number of nitrogens with zero attached hydrogens (tertiary/aromatic N) is 1. The Morgan fingerprint density at radius 1 is 1.20 bits per heavy atom. The van der Waals surface area contributed by atoms with Crippen LogP contribution in [0.2, 0.25) is 0 Å². The second-order valence-corrected chi connectivity index (χ2v) is 6.07. The molecule has 2 amide bonds. The largest absolute Gasteiger partial charge is 0.459 e. The molecule has 1 fully saturated rings. The van der Waals surface area contributed by atoms with Gasteiger partial charge in [0, 0.05) is 25.8 Å². The molecule has 0 spiro atoms. The average Bonchev–Trinajstić information content (AvgIpc) is 3.15. The van der Waals surface area contributed by atoms with E-state index in [9.17, 15) is 14.0 Å². The SMILES string of the molecule is CNC(=O)C1(Nc2cccc(F)c2)CCN(C(=O)c2ccco2)CC1. The third kappa shape index (κ3) is 3.50. The van der Waals surface area contributed by atoms with Crippen molar-refractivity contribution in [1.82, 2.24) is 10.2 Å². The highest BCUT2D eigenvalue weighted by molar-refractivity contribution is 5.93. The van der Waals surface area contributed by atoms with Crippen molar-refractivity contribution in [3.8, 4) is 0 Å². The van der Waals surface area contributed by atoms with Gasteiger partial charge in [0.2, 0.25) is 5.91 Å². The Kier molecular flexibility index (Phi) is 4.74. The second kappa shape index (κ2) is 6.96. The van der Waals surface area contributed by atoms with Crippen LogP contribution >= 0.6 is 0 Å². The third-order valence-electron chi connectivity index (χ3n) is 4.51. The molecule has 0 bridgehead atoms. The number of carbonyl (C=O) groups excluding carboxylic acids is 2. The van der Waals surface area contributed by atoms with Gasteiger partial charge in [-0.2, -0.15) is 0 Å². The average molecular weight is 345 g/mol. The number of rotatable bonds is 4. The molecule has 0 atom stereocenters. The van der Waals surface area contributed by atoms with Crippen molar-refractivity contribution in [3.05, 3.63) is 54.2 Å². The normalized spacial score (nSPS) is 16.3. The fraction of sp³-hybridized carbons (Fsp3) is 0.333. The van der Waals surface area contributed by atoms with Gasteiger partial charge in [-0.1, -0.05) is 6.07 Å². The number of benzene rings is 1. The molecule has 2 heterocycles. The smallest absolute Gasteiger partial charge is 0.289 e. The summed E-state index contributed by atoms with van der Waals surface area (Å²) in [5.41, 5.74) is -0.350. The number of halogens is 1. The van der Waals surface area contributed by atoms with Gasteiger partial charge in [0.05, 0.1) is 6.26 Å². The van der Waals surface area contributed by atoms with Crippen molar-refractivity contribution in [1.29, 1.82) is 0 Å². The maximum atomic E-state index is 13.5. The van der Waals surface area contributed by atoms with Gasteiger partial charge >= 0.3 is 0 Å². The number of piperidine rings is 1. The van der Waals surface area contributed by atoms with Gasteiger partial charge in [-0.25, -0.2) is 4.39 Å². The van der Waals surface area contributed by atoms with E-state index in [1.165, 1.54) is 18.4 Å². The first-order valence-corrected chi connectivity index (χ1v) is 8.13. The van der Waals surface area contributed by atoms with Crippen LogP contribution < -0.4 is 10.6 Å². The summed E-state index contributed by atoms with van der Waals surface area (Å²) >= 11 is 0. The summed E-state index contributed by atoms with van der Waals surface area (Å²) in [7, 11) is 1.57. The zero-order chi connectivity index (χ0) is 17.9. The molecule has 0 aliphatic carbocycles. The van der Waals surface area contributed by atoms with Crippen LogP contribution in [0, 0.1) is 5.82 Å². The number of nitrogens with one attached hydrogen (secondary N) is 2. The lowest BCUT2D eigenvalue weighted by atomic mass is 9.86. The molecule has 1 aromatic heterocycles. The fourth-order valence-electron chi connectivity index (χ4n) is 3.14. The summed E-state index contributed by atoms with van der Waals surface area (Å²) in [4.78, 5) is 26.5. The molecule has 25 heavy (non-hydrogen) atoms. The van der Waals surface area contributed by atoms with E-state index in [2.05, 4.69) is 10.6 Å². The highest BCUT2D eigenvalue weighted by Crippen LogP contribution is 2.28. The van der Waals surface area contributed by atoms with Gasteiger partial charge in [0.1, 0.15) is 11.4 Å². The molecule has 6 nitrogen and oxygen atoms in total. The first-order chi connectivity index (χ1) is 12.0. The maximum absolute atomic E-state index is 13.5. The van der Waals surface area contributed by atoms with E-state index in [1.807, 2.05) is 0 Å². The Morgan fingerprint density at radius 3 is 2.56 bits per heavy atom. The molecule has 0 radical (unpaired) electrons. The number of amides is 2. The molecule has 2 N–H and O–H groups in total. The number of hydrogen-bond acceptors (Lipinski definition) is 4. The van der Waals surface area contributed by atoms with Crippen molar-refractivity contribution in [3.63, 3.8) is 0 Å². The van der Waals surface area contributed by atoms with E-state index in [0.717, 1.165) is 0 Å². The molecular weight excluding hydrogens is 325 g/mol. The van der Waals surface area contributed by atoms with E-state index >= 15 is 0 Å². The lowest BCUT2D eigenvalue weighted by Gasteiger charge is -2.41. The molecule has 0 unspecified atom stereocenters. The predicted octanol–water partition coefficient (Wildman–Crippen LogP) is 2.25. The quantitative estimate of drug-likeness (QED) is 0.891. The number of likely N-dealkylation sites (N-methyl/N-ethyl adjacent to an activating group) is 1. The van der Waals surface area contributed by atoms with E-state index in [0.29, 0.717) is 31.6 Å². The lowest BCUT2D eigenvalue weighted by Crippen LogP contribution is -2.58. The Morgan fingerprint density at radius 2 is 1.96 bits per heavy atom. The molecule has 0 saturated carbocycles. The van der Waals surface area contributed by atoms with E-state index in [1.54, 1.807) is 36.2 Å². The summed E-state index contributed by atoms with van der Waals surface area (Å²) in [6.45, 7) is 0.796. The van der Waals surface area contributed by atoms with Crippen molar-refractivity contribution in [2.75, 3.05) is 25.5 Å². The van der Waals surface area contributed by atoms with Crippen LogP contribution in [0.4, 0.5) is 10.1 Å². The van der Waals surface area contributed by atoms with Crippen LogP contribution in [0.3, 0.4) is 0 Å². The van der Waals surface area contributed by atoms with Gasteiger partial charge in [-0.15, -0.1) is 0 Å². The standard InChI is InChI=1S/C18H20FN3O3/c1-20-17(24)18(21-14-5-2-4-13(19)12-14)7-9-22(10-8-18)16(23)15-6-3-11-25-15/h2-6,11-12,21H,7-10H2,1H3,(H,20,24). The summed E-state index contributed by atoms with van der Waals surface area (Å²) in [5.74, 6) is -0.462. The van der Waals surface area contributed by atoms with Gasteiger partial charge in [-0.05, 0) is 43.2 Å². The van der Waals surface area contributed by atoms with Crippen LogP contribution in [0.1, 0.15) is 23.4 Å². The second-order valence-electron chi connectivity index (χ2n) is 6.07. The van der Waals surface area contributed by atoms with Crippen LogP contribution in [-0.2, 0) is 4.79 Å². The van der Waals surface area contributed by atoms with Gasteiger partial charge in [-0.3, -0.25) is 9.59 Å². The molecule has 1 saturated heterocycles. The van der Waals surface area contributed by atoms with Crippen molar-refractivity contribution < 1.29 is 18.4 Å². The highest BCUT2D eigenvalue weighted by atomic mass is 19.1. The van der Waals surface area contributed by atoms with Crippen molar-refractivity contribution in [2.45, 2.75) is 18.4 Å². The molecular formula is C18H20FN3O3. The molecule has 2 aromatic rings. The minimum absolute atomic E-state index is 0.179. The van der Waals surface area contributed by atoms with E-state index in [-0.39, 0.29) is 23.4 Å². The summed E-state index contributed by atoms with van der Waals surface area (Å²) in [6, 6.07) is 9.29. The zero-order valence-electron chi connectivity index (χ0n) is 13.9. The fourth-order valence-corrected chi connectivity index (χ4v) is 3.14. The molecule has 132 valence electrons. The van der Waals surface area contributed by atoms with Gasteiger partial charge < -0.3 is 20.0 Å². The monoisotopic (exact) mass is 345 g/mol. The van der Waals surface area contributed by atoms with E-state index in [4.69, 9.17) is 4.42 Å². The Balaban J connectivity index is 1.75. The molecule has 1 aliphatic rings. The number of hydrogen-bond donors (Lipinski definition) is 2. The lowest BCUT2D eigenvalue weighted by molar-refractivity contribution is -0.126. The van der Waals surface area contributed by atoms with Crippen LogP contribution in [0.15, 0.2) is 47.1 Å². The zero-order valence-corrected chi connectivity index (χ0v) is 13.9. The molecule has 3 rings (SSSR count).